The molecule has 39 heavy (non-hydrogen) atoms. The molecule has 0 fully saturated rings. The molecule has 8 heteroatoms. The quantitative estimate of drug-likeness (QED) is 0.180. The Bertz CT molecular complexity index is 1430. The smallest absolute Gasteiger partial charge is 0.227 e. The number of hydrogen-bond donors (Lipinski definition) is 0. The summed E-state index contributed by atoms with van der Waals surface area (Å²) in [5, 5.41) is 4.47. The summed E-state index contributed by atoms with van der Waals surface area (Å²) in [6.07, 6.45) is 1.21. The van der Waals surface area contributed by atoms with Crippen LogP contribution in [-0.4, -0.2) is 17.3 Å². The van der Waals surface area contributed by atoms with Gasteiger partial charge in [0.15, 0.2) is 11.6 Å². The largest absolute Gasteiger partial charge is 0.493 e. The van der Waals surface area contributed by atoms with E-state index < -0.39 is 5.82 Å². The van der Waals surface area contributed by atoms with Crippen molar-refractivity contribution in [1.29, 1.82) is 0 Å². The van der Waals surface area contributed by atoms with Crippen molar-refractivity contribution in [2.24, 2.45) is 0 Å². The second kappa shape index (κ2) is 12.5. The Hall–Kier alpha value is -2.90. The Morgan fingerprint density at radius 2 is 1.79 bits per heavy atom. The molecule has 0 saturated heterocycles. The first kappa shape index (κ1) is 29.1. The fourth-order valence-electron chi connectivity index (χ4n) is 4.57. The second-order valence-corrected chi connectivity index (χ2v) is 12.0. The number of halogens is 2. The monoisotopic (exact) mass is 570 g/mol. The van der Waals surface area contributed by atoms with Crippen molar-refractivity contribution in [1.82, 2.24) is 10.1 Å². The molecule has 1 atom stereocenters. The van der Waals surface area contributed by atoms with Crippen molar-refractivity contribution in [2.75, 3.05) is 7.11 Å². The molecule has 2 aromatic carbocycles. The first-order valence-electron chi connectivity index (χ1n) is 13.3. The van der Waals surface area contributed by atoms with Crippen molar-refractivity contribution in [3.63, 3.8) is 0 Å². The highest BCUT2D eigenvalue weighted by Gasteiger charge is 2.23. The summed E-state index contributed by atoms with van der Waals surface area (Å²) < 4.78 is 32.9. The molecule has 0 aliphatic rings. The van der Waals surface area contributed by atoms with Crippen LogP contribution in [0.15, 0.2) is 40.9 Å². The Morgan fingerprint density at radius 3 is 2.46 bits per heavy atom. The van der Waals surface area contributed by atoms with Gasteiger partial charge in [0.05, 0.1) is 17.0 Å². The number of thiophene rings is 1. The molecule has 4 rings (SSSR count). The molecule has 5 nitrogen and oxygen atoms in total. The van der Waals surface area contributed by atoms with Gasteiger partial charge in [0.25, 0.3) is 0 Å². The summed E-state index contributed by atoms with van der Waals surface area (Å²) >= 11 is 8.29. The third kappa shape index (κ3) is 6.47. The zero-order chi connectivity index (χ0) is 28.3. The molecule has 0 amide bonds. The number of aromatic nitrogens is 2. The first-order valence-corrected chi connectivity index (χ1v) is 14.5. The number of rotatable bonds is 11. The van der Waals surface area contributed by atoms with Crippen LogP contribution in [0.3, 0.4) is 0 Å². The number of hydrogen-bond acceptors (Lipinski definition) is 6. The van der Waals surface area contributed by atoms with E-state index in [9.17, 15) is 0 Å². The summed E-state index contributed by atoms with van der Waals surface area (Å²) in [5.74, 6) is 2.27. The van der Waals surface area contributed by atoms with Crippen LogP contribution in [-0.2, 0) is 13.0 Å². The number of para-hydroxylation sites is 1. The lowest BCUT2D eigenvalue weighted by molar-refractivity contribution is 0.289. The maximum Gasteiger partial charge on any atom is 0.227 e. The van der Waals surface area contributed by atoms with Crippen LogP contribution in [0.4, 0.5) is 4.39 Å². The van der Waals surface area contributed by atoms with E-state index in [4.69, 9.17) is 25.6 Å². The number of nitrogens with zero attached hydrogens (tertiary/aromatic N) is 2. The molecule has 0 aliphatic carbocycles. The van der Waals surface area contributed by atoms with Gasteiger partial charge in [-0.15, -0.1) is 11.3 Å². The lowest BCUT2D eigenvalue weighted by atomic mass is 9.93. The van der Waals surface area contributed by atoms with E-state index in [0.29, 0.717) is 41.1 Å². The standard InChI is InChI=1S/C31H36ClFN2O3S/c1-17(2)21-10-8-9-20(6)29(21)37-16-23-24(32)15-22(30(36-7)28(23)33)19(5)11-14-27-34-31(35-38-27)26-13-12-25(39-26)18(3)4/h8-10,12-13,15,17-19H,11,14,16H2,1-7H3. The van der Waals surface area contributed by atoms with Crippen LogP contribution >= 0.6 is 22.9 Å². The van der Waals surface area contributed by atoms with E-state index >= 15 is 4.39 Å². The Labute approximate surface area is 239 Å². The Balaban J connectivity index is 1.48. The Kier molecular flexibility index (Phi) is 9.34. The molecule has 208 valence electrons. The minimum absolute atomic E-state index is 0.00622. The minimum Gasteiger partial charge on any atom is -0.493 e. The van der Waals surface area contributed by atoms with E-state index in [-0.39, 0.29) is 29.8 Å². The van der Waals surface area contributed by atoms with Crippen LogP contribution in [0, 0.1) is 12.7 Å². The fraction of sp³-hybridized carbons (Fsp3) is 0.419. The molecule has 0 N–H and O–H groups in total. The Morgan fingerprint density at radius 1 is 1.03 bits per heavy atom. The predicted molar refractivity (Wildman–Crippen MR) is 156 cm³/mol. The highest BCUT2D eigenvalue weighted by Crippen LogP contribution is 2.39. The topological polar surface area (TPSA) is 57.4 Å². The molecular weight excluding hydrogens is 535 g/mol. The van der Waals surface area contributed by atoms with Gasteiger partial charge in [0.2, 0.25) is 11.7 Å². The van der Waals surface area contributed by atoms with Crippen LogP contribution < -0.4 is 9.47 Å². The van der Waals surface area contributed by atoms with Crippen LogP contribution in [0.1, 0.15) is 91.8 Å². The number of aryl methyl sites for hydroxylation is 2. The predicted octanol–water partition coefficient (Wildman–Crippen LogP) is 9.47. The van der Waals surface area contributed by atoms with Crippen molar-refractivity contribution >= 4 is 22.9 Å². The van der Waals surface area contributed by atoms with Crippen LogP contribution in [0.2, 0.25) is 5.02 Å². The molecule has 2 aromatic heterocycles. The highest BCUT2D eigenvalue weighted by atomic mass is 35.5. The zero-order valence-corrected chi connectivity index (χ0v) is 25.2. The van der Waals surface area contributed by atoms with Gasteiger partial charge in [-0.3, -0.25) is 0 Å². The third-order valence-corrected chi connectivity index (χ3v) is 8.65. The molecule has 2 heterocycles. The molecule has 0 aliphatic heterocycles. The average Bonchev–Trinajstić information content (AvgIpc) is 3.57. The SMILES string of the molecule is COc1c(C(C)CCc2nc(-c3ccc(C(C)C)s3)no2)cc(Cl)c(COc2c(C)cccc2C(C)C)c1F. The summed E-state index contributed by atoms with van der Waals surface area (Å²) in [4.78, 5) is 6.84. The normalized spacial score (nSPS) is 12.4. The van der Waals surface area contributed by atoms with E-state index in [1.807, 2.05) is 38.1 Å². The maximum absolute atomic E-state index is 15.7. The summed E-state index contributed by atoms with van der Waals surface area (Å²) in [7, 11) is 1.47. The van der Waals surface area contributed by atoms with Crippen molar-refractivity contribution < 1.29 is 18.4 Å². The summed E-state index contributed by atoms with van der Waals surface area (Å²) in [5.41, 5.74) is 3.05. The van der Waals surface area contributed by atoms with Crippen molar-refractivity contribution in [3.05, 3.63) is 80.3 Å². The van der Waals surface area contributed by atoms with Gasteiger partial charge in [-0.1, -0.05) is 69.6 Å². The fourth-order valence-corrected chi connectivity index (χ4v) is 5.76. The molecule has 0 spiro atoms. The number of ether oxygens (including phenoxy) is 2. The van der Waals surface area contributed by atoms with Crippen molar-refractivity contribution in [3.8, 4) is 22.2 Å². The second-order valence-electron chi connectivity index (χ2n) is 10.5. The highest BCUT2D eigenvalue weighted by molar-refractivity contribution is 7.15. The molecule has 0 saturated carbocycles. The van der Waals surface area contributed by atoms with Gasteiger partial charge in [0.1, 0.15) is 12.4 Å². The lowest BCUT2D eigenvalue weighted by Crippen LogP contribution is -2.08. The number of benzene rings is 2. The molecule has 4 aromatic rings. The molecule has 0 radical (unpaired) electrons. The van der Waals surface area contributed by atoms with Gasteiger partial charge < -0.3 is 14.0 Å². The zero-order valence-electron chi connectivity index (χ0n) is 23.6. The summed E-state index contributed by atoms with van der Waals surface area (Å²) in [6, 6.07) is 11.9. The number of methoxy groups -OCH3 is 1. The van der Waals surface area contributed by atoms with E-state index in [2.05, 4.69) is 43.9 Å². The lowest BCUT2D eigenvalue weighted by Gasteiger charge is -2.20. The van der Waals surface area contributed by atoms with Gasteiger partial charge in [-0.2, -0.15) is 4.98 Å². The first-order chi connectivity index (χ1) is 18.6. The maximum atomic E-state index is 15.7. The molecule has 0 bridgehead atoms. The third-order valence-electron chi connectivity index (χ3n) is 6.93. The van der Waals surface area contributed by atoms with Gasteiger partial charge >= 0.3 is 0 Å². The van der Waals surface area contributed by atoms with Gasteiger partial charge in [0, 0.05) is 22.4 Å². The molecule has 1 unspecified atom stereocenters. The van der Waals surface area contributed by atoms with Crippen LogP contribution in [0.25, 0.3) is 10.7 Å². The average molecular weight is 571 g/mol. The van der Waals surface area contributed by atoms with Gasteiger partial charge in [-0.25, -0.2) is 4.39 Å². The van der Waals surface area contributed by atoms with Gasteiger partial charge in [-0.05, 0) is 60.4 Å². The summed E-state index contributed by atoms with van der Waals surface area (Å²) in [6.45, 7) is 12.5. The molecular formula is C31H36ClFN2O3S. The van der Waals surface area contributed by atoms with E-state index in [1.54, 1.807) is 17.4 Å². The van der Waals surface area contributed by atoms with E-state index in [0.717, 1.165) is 21.8 Å². The minimum atomic E-state index is -0.495. The van der Waals surface area contributed by atoms with Crippen molar-refractivity contribution in [2.45, 2.75) is 78.7 Å². The van der Waals surface area contributed by atoms with Crippen LogP contribution in [0.5, 0.6) is 11.5 Å². The van der Waals surface area contributed by atoms with E-state index in [1.165, 1.54) is 12.0 Å².